The maximum atomic E-state index is 13.1. The van der Waals surface area contributed by atoms with Crippen molar-refractivity contribution in [2.75, 3.05) is 11.9 Å². The number of nitrogens with one attached hydrogen (secondary N) is 1. The van der Waals surface area contributed by atoms with Gasteiger partial charge in [-0.15, -0.1) is 0 Å². The molecule has 0 saturated carbocycles. The lowest BCUT2D eigenvalue weighted by Gasteiger charge is -2.07. The topological polar surface area (TPSA) is 46.9 Å². The van der Waals surface area contributed by atoms with Crippen molar-refractivity contribution in [3.8, 4) is 0 Å². The Morgan fingerprint density at radius 2 is 2.21 bits per heavy atom. The van der Waals surface area contributed by atoms with Crippen molar-refractivity contribution in [2.24, 2.45) is 0 Å². The van der Waals surface area contributed by atoms with Crippen molar-refractivity contribution in [1.82, 2.24) is 9.78 Å². The summed E-state index contributed by atoms with van der Waals surface area (Å²) < 4.78 is 14.8. The number of anilines is 1. The molecule has 4 nitrogen and oxygen atoms in total. The molecule has 0 aliphatic heterocycles. The molecule has 0 aliphatic rings. The maximum Gasteiger partial charge on any atom is 0.269 e. The van der Waals surface area contributed by atoms with Gasteiger partial charge in [0.2, 0.25) is 0 Å². The predicted octanol–water partition coefficient (Wildman–Crippen LogP) is 2.63. The van der Waals surface area contributed by atoms with E-state index in [1.54, 1.807) is 18.3 Å². The molecule has 2 rings (SSSR count). The molecule has 100 valence electrons. The molecule has 19 heavy (non-hydrogen) atoms. The van der Waals surface area contributed by atoms with Gasteiger partial charge in [-0.2, -0.15) is 5.10 Å². The zero-order valence-electron chi connectivity index (χ0n) is 10.4. The zero-order valence-corrected chi connectivity index (χ0v) is 11.9. The average Bonchev–Trinajstić information content (AvgIpc) is 2.37. The number of hydrogen-bond acceptors (Lipinski definition) is 3. The van der Waals surface area contributed by atoms with Gasteiger partial charge in [-0.3, -0.25) is 4.79 Å². The smallest absolute Gasteiger partial charge is 0.269 e. The van der Waals surface area contributed by atoms with Crippen LogP contribution in [-0.2, 0) is 6.54 Å². The highest BCUT2D eigenvalue weighted by Crippen LogP contribution is 2.17. The van der Waals surface area contributed by atoms with Crippen molar-refractivity contribution in [3.63, 3.8) is 0 Å². The van der Waals surface area contributed by atoms with Gasteiger partial charge in [-0.25, -0.2) is 9.07 Å². The minimum absolute atomic E-state index is 0.195. The number of hydrogen-bond donors (Lipinski definition) is 1. The van der Waals surface area contributed by atoms with Crippen LogP contribution in [0, 0.1) is 5.82 Å². The van der Waals surface area contributed by atoms with Crippen molar-refractivity contribution in [1.29, 1.82) is 0 Å². The Kier molecular flexibility index (Phi) is 4.31. The van der Waals surface area contributed by atoms with Crippen LogP contribution in [0.3, 0.4) is 0 Å². The van der Waals surface area contributed by atoms with E-state index in [9.17, 15) is 9.18 Å². The molecule has 0 atom stereocenters. The van der Waals surface area contributed by atoms with E-state index in [0.717, 1.165) is 12.1 Å². The van der Waals surface area contributed by atoms with Crippen LogP contribution in [0.15, 0.2) is 39.7 Å². The van der Waals surface area contributed by atoms with E-state index in [1.807, 2.05) is 6.92 Å². The molecule has 0 aliphatic carbocycles. The summed E-state index contributed by atoms with van der Waals surface area (Å²) in [5.41, 5.74) is 1.31. The molecule has 0 radical (unpaired) electrons. The summed E-state index contributed by atoms with van der Waals surface area (Å²) in [7, 11) is 0. The van der Waals surface area contributed by atoms with Crippen LogP contribution >= 0.6 is 15.9 Å². The molecule has 1 heterocycles. The lowest BCUT2D eigenvalue weighted by molar-refractivity contribution is 0.613. The first-order valence-electron chi connectivity index (χ1n) is 5.85. The van der Waals surface area contributed by atoms with Crippen molar-refractivity contribution >= 4 is 21.6 Å². The third-order valence-corrected chi connectivity index (χ3v) is 3.17. The molecule has 0 fully saturated rings. The molecule has 0 spiro atoms. The van der Waals surface area contributed by atoms with Crippen LogP contribution in [0.5, 0.6) is 0 Å². The van der Waals surface area contributed by atoms with E-state index in [0.29, 0.717) is 16.7 Å². The first kappa shape index (κ1) is 13.7. The van der Waals surface area contributed by atoms with Crippen molar-refractivity contribution < 1.29 is 4.39 Å². The van der Waals surface area contributed by atoms with E-state index >= 15 is 0 Å². The molecule has 0 unspecified atom stereocenters. The largest absolute Gasteiger partial charge is 0.384 e. The molecular formula is C13H13BrFN3O. The van der Waals surface area contributed by atoms with E-state index in [-0.39, 0.29) is 11.4 Å². The number of rotatable bonds is 4. The normalized spacial score (nSPS) is 10.5. The highest BCUT2D eigenvalue weighted by atomic mass is 79.9. The SMILES string of the molecule is CCNc1cnn(Cc2ccc(F)c(Br)c2)c(=O)c1. The van der Waals surface area contributed by atoms with Gasteiger partial charge in [-0.05, 0) is 40.5 Å². The minimum atomic E-state index is -0.327. The van der Waals surface area contributed by atoms with Gasteiger partial charge in [0.15, 0.2) is 0 Å². The van der Waals surface area contributed by atoms with Crippen LogP contribution < -0.4 is 10.9 Å². The highest BCUT2D eigenvalue weighted by Gasteiger charge is 2.04. The summed E-state index contributed by atoms with van der Waals surface area (Å²) in [6.07, 6.45) is 1.60. The number of halogens is 2. The van der Waals surface area contributed by atoms with E-state index < -0.39 is 0 Å². The lowest BCUT2D eigenvalue weighted by atomic mass is 10.2. The first-order chi connectivity index (χ1) is 9.10. The Hall–Kier alpha value is -1.69. The maximum absolute atomic E-state index is 13.1. The van der Waals surface area contributed by atoms with Gasteiger partial charge in [0, 0.05) is 12.6 Å². The van der Waals surface area contributed by atoms with E-state index in [2.05, 4.69) is 26.3 Å². The Bertz CT molecular complexity index is 642. The standard InChI is InChI=1S/C13H13BrFN3O/c1-2-16-10-6-13(19)18(17-7-10)8-9-3-4-12(15)11(14)5-9/h3-7,16H,2,8H2,1H3. The Morgan fingerprint density at radius 1 is 1.42 bits per heavy atom. The lowest BCUT2D eigenvalue weighted by Crippen LogP contribution is -2.23. The molecule has 1 N–H and O–H groups in total. The monoisotopic (exact) mass is 325 g/mol. The molecule has 2 aromatic rings. The fraction of sp³-hybridized carbons (Fsp3) is 0.231. The second-order valence-corrected chi connectivity index (χ2v) is 4.87. The molecule has 1 aromatic heterocycles. The second-order valence-electron chi connectivity index (χ2n) is 4.02. The van der Waals surface area contributed by atoms with Gasteiger partial charge < -0.3 is 5.32 Å². The number of nitrogens with zero attached hydrogens (tertiary/aromatic N) is 2. The summed E-state index contributed by atoms with van der Waals surface area (Å²) in [5, 5.41) is 7.10. The predicted molar refractivity (Wildman–Crippen MR) is 75.9 cm³/mol. The van der Waals surface area contributed by atoms with Crippen LogP contribution in [0.25, 0.3) is 0 Å². The molecular weight excluding hydrogens is 313 g/mol. The van der Waals surface area contributed by atoms with Crippen LogP contribution in [-0.4, -0.2) is 16.3 Å². The Morgan fingerprint density at radius 3 is 2.84 bits per heavy atom. The minimum Gasteiger partial charge on any atom is -0.384 e. The van der Waals surface area contributed by atoms with Crippen LogP contribution in [0.4, 0.5) is 10.1 Å². The van der Waals surface area contributed by atoms with Gasteiger partial charge in [0.1, 0.15) is 5.82 Å². The molecule has 0 saturated heterocycles. The average molecular weight is 326 g/mol. The zero-order chi connectivity index (χ0) is 13.8. The highest BCUT2D eigenvalue weighted by molar-refractivity contribution is 9.10. The third kappa shape index (κ3) is 3.41. The summed E-state index contributed by atoms with van der Waals surface area (Å²) in [5.74, 6) is -0.327. The molecule has 6 heteroatoms. The van der Waals surface area contributed by atoms with Crippen LogP contribution in [0.1, 0.15) is 12.5 Å². The first-order valence-corrected chi connectivity index (χ1v) is 6.64. The van der Waals surface area contributed by atoms with Gasteiger partial charge >= 0.3 is 0 Å². The Labute approximate surface area is 118 Å². The number of aromatic nitrogens is 2. The summed E-state index contributed by atoms with van der Waals surface area (Å²) >= 11 is 3.12. The summed E-state index contributed by atoms with van der Waals surface area (Å²) in [6, 6.07) is 6.13. The van der Waals surface area contributed by atoms with E-state index in [4.69, 9.17) is 0 Å². The van der Waals surface area contributed by atoms with Crippen molar-refractivity contribution in [3.05, 3.63) is 56.7 Å². The fourth-order valence-corrected chi connectivity index (χ4v) is 2.09. The molecule has 1 aromatic carbocycles. The summed E-state index contributed by atoms with van der Waals surface area (Å²) in [6.45, 7) is 2.99. The van der Waals surface area contributed by atoms with Gasteiger partial charge in [0.25, 0.3) is 5.56 Å². The van der Waals surface area contributed by atoms with E-state index in [1.165, 1.54) is 16.8 Å². The van der Waals surface area contributed by atoms with Crippen LogP contribution in [0.2, 0.25) is 0 Å². The quantitative estimate of drug-likeness (QED) is 0.940. The third-order valence-electron chi connectivity index (χ3n) is 2.57. The van der Waals surface area contributed by atoms with Crippen molar-refractivity contribution in [2.45, 2.75) is 13.5 Å². The number of benzene rings is 1. The Balaban J connectivity index is 2.23. The second kappa shape index (κ2) is 5.97. The molecule has 0 bridgehead atoms. The van der Waals surface area contributed by atoms with Gasteiger partial charge in [-0.1, -0.05) is 6.07 Å². The fourth-order valence-electron chi connectivity index (χ4n) is 1.66. The summed E-state index contributed by atoms with van der Waals surface area (Å²) in [4.78, 5) is 11.8. The molecule has 0 amide bonds. The van der Waals surface area contributed by atoms with Gasteiger partial charge in [0.05, 0.1) is 22.9 Å².